The van der Waals surface area contributed by atoms with Crippen molar-refractivity contribution in [2.24, 2.45) is 11.8 Å². The van der Waals surface area contributed by atoms with E-state index in [4.69, 9.17) is 11.6 Å². The summed E-state index contributed by atoms with van der Waals surface area (Å²) in [5.41, 5.74) is 0. The molecule has 82 valence electrons. The zero-order valence-corrected chi connectivity index (χ0v) is 9.60. The molecule has 1 heterocycles. The van der Waals surface area contributed by atoms with Gasteiger partial charge in [-0.1, -0.05) is 13.8 Å². The van der Waals surface area contributed by atoms with Crippen molar-refractivity contribution in [3.05, 3.63) is 0 Å². The van der Waals surface area contributed by atoms with Crippen LogP contribution >= 0.6 is 11.6 Å². The van der Waals surface area contributed by atoms with E-state index in [0.29, 0.717) is 30.2 Å². The van der Waals surface area contributed by atoms with E-state index in [1.54, 1.807) is 0 Å². The molecule has 1 rings (SSSR count). The fraction of sp³-hybridized carbons (Fsp3) is 0.900. The van der Waals surface area contributed by atoms with Gasteiger partial charge in [-0.3, -0.25) is 4.79 Å². The lowest BCUT2D eigenvalue weighted by molar-refractivity contribution is -0.122. The summed E-state index contributed by atoms with van der Waals surface area (Å²) in [5, 5.41) is 6.40. The standard InChI is InChI=1S/C10H19ClN2O/c1-7-5-12-6-8(2)10(7)13-9(14)3-4-11/h7-8,10,12H,3-6H2,1-2H3,(H,13,14). The highest BCUT2D eigenvalue weighted by atomic mass is 35.5. The Hall–Kier alpha value is -0.280. The van der Waals surface area contributed by atoms with Crippen LogP contribution in [0.25, 0.3) is 0 Å². The number of hydrogen-bond acceptors (Lipinski definition) is 2. The maximum absolute atomic E-state index is 11.4. The first kappa shape index (κ1) is 11.8. The first-order valence-electron chi connectivity index (χ1n) is 5.21. The van der Waals surface area contributed by atoms with E-state index in [1.165, 1.54) is 0 Å². The number of halogens is 1. The topological polar surface area (TPSA) is 41.1 Å². The largest absolute Gasteiger partial charge is 0.353 e. The van der Waals surface area contributed by atoms with Crippen molar-refractivity contribution in [2.45, 2.75) is 26.3 Å². The molecule has 1 fully saturated rings. The fourth-order valence-electron chi connectivity index (χ4n) is 1.98. The Balaban J connectivity index is 2.43. The first-order chi connectivity index (χ1) is 6.65. The zero-order chi connectivity index (χ0) is 10.6. The molecule has 0 aromatic rings. The third-order valence-corrected chi connectivity index (χ3v) is 3.00. The van der Waals surface area contributed by atoms with E-state index in [9.17, 15) is 4.79 Å². The molecule has 2 atom stereocenters. The lowest BCUT2D eigenvalue weighted by atomic mass is 9.87. The number of amides is 1. The van der Waals surface area contributed by atoms with Gasteiger partial charge in [-0.25, -0.2) is 0 Å². The molecule has 2 unspecified atom stereocenters. The van der Waals surface area contributed by atoms with Gasteiger partial charge in [0.15, 0.2) is 0 Å². The van der Waals surface area contributed by atoms with Crippen LogP contribution in [0.5, 0.6) is 0 Å². The summed E-state index contributed by atoms with van der Waals surface area (Å²) in [5.74, 6) is 1.47. The van der Waals surface area contributed by atoms with Gasteiger partial charge in [0.1, 0.15) is 0 Å². The van der Waals surface area contributed by atoms with Crippen LogP contribution < -0.4 is 10.6 Å². The fourth-order valence-corrected chi connectivity index (χ4v) is 2.15. The van der Waals surface area contributed by atoms with E-state index >= 15 is 0 Å². The van der Waals surface area contributed by atoms with Crippen LogP contribution in [0.2, 0.25) is 0 Å². The molecule has 1 amide bonds. The van der Waals surface area contributed by atoms with Gasteiger partial charge in [0.05, 0.1) is 0 Å². The Kier molecular flexibility index (Phi) is 4.69. The Labute approximate surface area is 90.6 Å². The highest BCUT2D eigenvalue weighted by Crippen LogP contribution is 2.16. The third kappa shape index (κ3) is 3.14. The van der Waals surface area contributed by atoms with Crippen molar-refractivity contribution in [1.82, 2.24) is 10.6 Å². The van der Waals surface area contributed by atoms with E-state index in [1.807, 2.05) is 0 Å². The van der Waals surface area contributed by atoms with Crippen molar-refractivity contribution in [3.63, 3.8) is 0 Å². The average molecular weight is 219 g/mol. The van der Waals surface area contributed by atoms with Gasteiger partial charge in [0, 0.05) is 18.3 Å². The summed E-state index contributed by atoms with van der Waals surface area (Å²) in [6, 6.07) is 0.298. The van der Waals surface area contributed by atoms with Gasteiger partial charge in [-0.05, 0) is 24.9 Å². The average Bonchev–Trinajstić information content (AvgIpc) is 2.12. The van der Waals surface area contributed by atoms with Crippen molar-refractivity contribution in [2.75, 3.05) is 19.0 Å². The maximum Gasteiger partial charge on any atom is 0.221 e. The molecule has 14 heavy (non-hydrogen) atoms. The van der Waals surface area contributed by atoms with Gasteiger partial charge in [0.2, 0.25) is 5.91 Å². The van der Waals surface area contributed by atoms with Crippen LogP contribution in [0, 0.1) is 11.8 Å². The zero-order valence-electron chi connectivity index (χ0n) is 8.85. The second-order valence-electron chi connectivity index (χ2n) is 4.15. The Morgan fingerprint density at radius 1 is 1.43 bits per heavy atom. The molecule has 1 saturated heterocycles. The minimum absolute atomic E-state index is 0.0746. The lowest BCUT2D eigenvalue weighted by Crippen LogP contribution is -2.53. The van der Waals surface area contributed by atoms with Gasteiger partial charge in [-0.15, -0.1) is 11.6 Å². The quantitative estimate of drug-likeness (QED) is 0.694. The second kappa shape index (κ2) is 5.56. The summed E-state index contributed by atoms with van der Waals surface area (Å²) >= 11 is 5.51. The minimum Gasteiger partial charge on any atom is -0.353 e. The molecule has 0 spiro atoms. The van der Waals surface area contributed by atoms with Crippen LogP contribution in [-0.2, 0) is 4.79 Å². The Morgan fingerprint density at radius 3 is 2.50 bits per heavy atom. The molecule has 4 heteroatoms. The van der Waals surface area contributed by atoms with Crippen LogP contribution in [0.1, 0.15) is 20.3 Å². The minimum atomic E-state index is 0.0746. The van der Waals surface area contributed by atoms with E-state index < -0.39 is 0 Å². The Morgan fingerprint density at radius 2 is 2.00 bits per heavy atom. The molecule has 0 saturated carbocycles. The molecule has 1 aliphatic rings. The van der Waals surface area contributed by atoms with Crippen LogP contribution in [0.3, 0.4) is 0 Å². The molecule has 3 nitrogen and oxygen atoms in total. The predicted molar refractivity (Wildman–Crippen MR) is 58.5 cm³/mol. The molecular formula is C10H19ClN2O. The van der Waals surface area contributed by atoms with E-state index in [2.05, 4.69) is 24.5 Å². The monoisotopic (exact) mass is 218 g/mol. The van der Waals surface area contributed by atoms with Crippen molar-refractivity contribution in [1.29, 1.82) is 0 Å². The normalized spacial score (nSPS) is 32.6. The summed E-state index contributed by atoms with van der Waals surface area (Å²) in [7, 11) is 0. The van der Waals surface area contributed by atoms with Crippen LogP contribution in [-0.4, -0.2) is 30.9 Å². The Bertz CT molecular complexity index is 189. The summed E-state index contributed by atoms with van der Waals surface area (Å²) in [4.78, 5) is 11.4. The third-order valence-electron chi connectivity index (χ3n) is 2.81. The molecule has 0 aliphatic carbocycles. The molecular weight excluding hydrogens is 200 g/mol. The molecule has 1 aliphatic heterocycles. The number of carbonyl (C=O) groups is 1. The van der Waals surface area contributed by atoms with E-state index in [-0.39, 0.29) is 5.91 Å². The molecule has 0 aromatic carbocycles. The van der Waals surface area contributed by atoms with Crippen molar-refractivity contribution >= 4 is 17.5 Å². The highest BCUT2D eigenvalue weighted by Gasteiger charge is 2.28. The predicted octanol–water partition coefficient (Wildman–Crippen LogP) is 0.975. The summed E-state index contributed by atoms with van der Waals surface area (Å²) in [6.07, 6.45) is 0.422. The summed E-state index contributed by atoms with van der Waals surface area (Å²) in [6.45, 7) is 6.29. The summed E-state index contributed by atoms with van der Waals surface area (Å²) < 4.78 is 0. The molecule has 0 aromatic heterocycles. The van der Waals surface area contributed by atoms with Crippen LogP contribution in [0.4, 0.5) is 0 Å². The van der Waals surface area contributed by atoms with Gasteiger partial charge in [0.25, 0.3) is 0 Å². The van der Waals surface area contributed by atoms with Crippen LogP contribution in [0.15, 0.2) is 0 Å². The molecule has 0 radical (unpaired) electrons. The van der Waals surface area contributed by atoms with Gasteiger partial charge < -0.3 is 10.6 Å². The molecule has 2 N–H and O–H groups in total. The highest BCUT2D eigenvalue weighted by molar-refractivity contribution is 6.18. The first-order valence-corrected chi connectivity index (χ1v) is 5.74. The lowest BCUT2D eigenvalue weighted by Gasteiger charge is -2.35. The van der Waals surface area contributed by atoms with Gasteiger partial charge >= 0.3 is 0 Å². The number of hydrogen-bond donors (Lipinski definition) is 2. The number of rotatable bonds is 3. The number of carbonyl (C=O) groups excluding carboxylic acids is 1. The van der Waals surface area contributed by atoms with Crippen molar-refractivity contribution < 1.29 is 4.79 Å². The maximum atomic E-state index is 11.4. The van der Waals surface area contributed by atoms with Gasteiger partial charge in [-0.2, -0.15) is 0 Å². The second-order valence-corrected chi connectivity index (χ2v) is 4.52. The number of alkyl halides is 1. The smallest absolute Gasteiger partial charge is 0.221 e. The number of piperidine rings is 1. The SMILES string of the molecule is CC1CNCC(C)C1NC(=O)CCCl. The number of nitrogens with one attached hydrogen (secondary N) is 2. The van der Waals surface area contributed by atoms with Crippen molar-refractivity contribution in [3.8, 4) is 0 Å². The molecule has 0 bridgehead atoms. The van der Waals surface area contributed by atoms with E-state index in [0.717, 1.165) is 13.1 Å².